The van der Waals surface area contributed by atoms with E-state index in [9.17, 15) is 9.59 Å². The quantitative estimate of drug-likeness (QED) is 0.605. The van der Waals surface area contributed by atoms with E-state index in [1.165, 1.54) is 0 Å². The van der Waals surface area contributed by atoms with Gasteiger partial charge in [0.15, 0.2) is 0 Å². The average molecular weight is 244 g/mol. The van der Waals surface area contributed by atoms with Crippen LogP contribution in [0.4, 0.5) is 5.69 Å². The van der Waals surface area contributed by atoms with Crippen molar-refractivity contribution in [2.24, 2.45) is 0 Å². The van der Waals surface area contributed by atoms with E-state index in [2.05, 4.69) is 11.9 Å². The first kappa shape index (κ1) is 12.4. The molecule has 0 unspecified atom stereocenters. The van der Waals surface area contributed by atoms with Crippen LogP contribution in [0.15, 0.2) is 42.5 Å². The summed E-state index contributed by atoms with van der Waals surface area (Å²) in [6, 6.07) is 8.98. The molecule has 4 nitrogen and oxygen atoms in total. The van der Waals surface area contributed by atoms with Gasteiger partial charge >= 0.3 is 11.8 Å². The molecule has 1 heterocycles. The van der Waals surface area contributed by atoms with Crippen LogP contribution in [0.1, 0.15) is 12.8 Å². The number of para-hydroxylation sites is 1. The zero-order chi connectivity index (χ0) is 13.0. The van der Waals surface area contributed by atoms with Crippen LogP contribution in [0, 0.1) is 0 Å². The number of carbonyl (C=O) groups is 2. The smallest absolute Gasteiger partial charge is 0.313 e. The van der Waals surface area contributed by atoms with Gasteiger partial charge in [-0.25, -0.2) is 0 Å². The van der Waals surface area contributed by atoms with Gasteiger partial charge in [0.25, 0.3) is 0 Å². The molecule has 1 N–H and O–H groups in total. The fourth-order valence-electron chi connectivity index (χ4n) is 1.88. The van der Waals surface area contributed by atoms with Gasteiger partial charge in [-0.15, -0.1) is 0 Å². The molecule has 1 aromatic rings. The second-order valence-corrected chi connectivity index (χ2v) is 4.36. The summed E-state index contributed by atoms with van der Waals surface area (Å²) in [5.74, 6) is -1.04. The Morgan fingerprint density at radius 3 is 2.33 bits per heavy atom. The maximum absolute atomic E-state index is 11.9. The van der Waals surface area contributed by atoms with Crippen LogP contribution in [0.25, 0.3) is 0 Å². The second-order valence-electron chi connectivity index (χ2n) is 4.36. The van der Waals surface area contributed by atoms with Crippen molar-refractivity contribution in [2.45, 2.75) is 12.8 Å². The van der Waals surface area contributed by atoms with Crippen molar-refractivity contribution in [3.63, 3.8) is 0 Å². The molecule has 0 bridgehead atoms. The average Bonchev–Trinajstić information content (AvgIpc) is 2.40. The summed E-state index contributed by atoms with van der Waals surface area (Å²) in [6.45, 7) is 5.05. The maximum Gasteiger partial charge on any atom is 0.313 e. The lowest BCUT2D eigenvalue weighted by Gasteiger charge is -2.27. The Balaban J connectivity index is 1.93. The van der Waals surface area contributed by atoms with E-state index < -0.39 is 11.8 Å². The highest BCUT2D eigenvalue weighted by molar-refractivity contribution is 6.39. The molecule has 0 atom stereocenters. The van der Waals surface area contributed by atoms with E-state index in [-0.39, 0.29) is 0 Å². The number of carbonyl (C=O) groups excluding carboxylic acids is 2. The first-order chi connectivity index (χ1) is 8.66. The fourth-order valence-corrected chi connectivity index (χ4v) is 1.88. The number of likely N-dealkylation sites (tertiary alicyclic amines) is 1. The zero-order valence-electron chi connectivity index (χ0n) is 10.2. The number of benzene rings is 1. The summed E-state index contributed by atoms with van der Waals surface area (Å²) in [4.78, 5) is 25.2. The van der Waals surface area contributed by atoms with Crippen LogP contribution in [-0.4, -0.2) is 29.8 Å². The molecule has 2 amide bonds. The third-order valence-electron chi connectivity index (χ3n) is 2.98. The number of nitrogens with one attached hydrogen (secondary N) is 1. The molecular formula is C14H16N2O2. The summed E-state index contributed by atoms with van der Waals surface area (Å²) < 4.78 is 0. The molecule has 1 fully saturated rings. The van der Waals surface area contributed by atoms with E-state index in [0.29, 0.717) is 18.8 Å². The molecule has 0 aromatic heterocycles. The molecule has 1 saturated heterocycles. The summed E-state index contributed by atoms with van der Waals surface area (Å²) >= 11 is 0. The second kappa shape index (κ2) is 5.49. The van der Waals surface area contributed by atoms with Crippen LogP contribution in [-0.2, 0) is 9.59 Å². The van der Waals surface area contributed by atoms with Crippen LogP contribution in [0.5, 0.6) is 0 Å². The summed E-state index contributed by atoms with van der Waals surface area (Å²) in [6.07, 6.45) is 1.56. The van der Waals surface area contributed by atoms with Gasteiger partial charge in [0.2, 0.25) is 0 Å². The minimum Gasteiger partial charge on any atom is -0.334 e. The number of anilines is 1. The number of hydrogen-bond donors (Lipinski definition) is 1. The lowest BCUT2D eigenvalue weighted by atomic mass is 10.1. The SMILES string of the molecule is C=C1CCN(C(=O)C(=O)Nc2ccccc2)CC1. The van der Waals surface area contributed by atoms with Gasteiger partial charge in [-0.1, -0.05) is 30.4 Å². The molecule has 1 aliphatic heterocycles. The van der Waals surface area contributed by atoms with Gasteiger partial charge < -0.3 is 10.2 Å². The van der Waals surface area contributed by atoms with E-state index >= 15 is 0 Å². The molecule has 94 valence electrons. The molecule has 4 heteroatoms. The highest BCUT2D eigenvalue weighted by Gasteiger charge is 2.24. The van der Waals surface area contributed by atoms with Crippen molar-refractivity contribution in [1.82, 2.24) is 4.90 Å². The first-order valence-electron chi connectivity index (χ1n) is 5.99. The van der Waals surface area contributed by atoms with E-state index in [4.69, 9.17) is 0 Å². The minimum atomic E-state index is -0.575. The number of piperidine rings is 1. The summed E-state index contributed by atoms with van der Waals surface area (Å²) in [5.41, 5.74) is 1.78. The molecule has 0 radical (unpaired) electrons. The van der Waals surface area contributed by atoms with Crippen molar-refractivity contribution in [2.75, 3.05) is 18.4 Å². The molecule has 0 spiro atoms. The molecule has 1 aliphatic rings. The zero-order valence-corrected chi connectivity index (χ0v) is 10.2. The summed E-state index contributed by atoms with van der Waals surface area (Å²) in [5, 5.41) is 2.60. The number of rotatable bonds is 1. The van der Waals surface area contributed by atoms with Crippen LogP contribution < -0.4 is 5.32 Å². The van der Waals surface area contributed by atoms with E-state index in [1.807, 2.05) is 18.2 Å². The number of hydrogen-bond acceptors (Lipinski definition) is 2. The Labute approximate surface area is 106 Å². The molecule has 18 heavy (non-hydrogen) atoms. The van der Waals surface area contributed by atoms with Gasteiger partial charge in [0.1, 0.15) is 0 Å². The van der Waals surface area contributed by atoms with Gasteiger partial charge in [0, 0.05) is 18.8 Å². The van der Waals surface area contributed by atoms with Crippen LogP contribution >= 0.6 is 0 Å². The number of nitrogens with zero attached hydrogens (tertiary/aromatic N) is 1. The maximum atomic E-state index is 11.9. The highest BCUT2D eigenvalue weighted by atomic mass is 16.2. The van der Waals surface area contributed by atoms with Gasteiger partial charge in [0.05, 0.1) is 0 Å². The third-order valence-corrected chi connectivity index (χ3v) is 2.98. The standard InChI is InChI=1S/C14H16N2O2/c1-11-7-9-16(10-8-11)14(18)13(17)15-12-5-3-2-4-6-12/h2-6H,1,7-10H2,(H,15,17). The third kappa shape index (κ3) is 2.97. The summed E-state index contributed by atoms with van der Waals surface area (Å²) in [7, 11) is 0. The van der Waals surface area contributed by atoms with E-state index in [1.54, 1.807) is 17.0 Å². The lowest BCUT2D eigenvalue weighted by Crippen LogP contribution is -2.42. The normalized spacial score (nSPS) is 15.3. The largest absolute Gasteiger partial charge is 0.334 e. The Morgan fingerprint density at radius 1 is 1.11 bits per heavy atom. The van der Waals surface area contributed by atoms with Crippen molar-refractivity contribution >= 4 is 17.5 Å². The molecular weight excluding hydrogens is 228 g/mol. The van der Waals surface area contributed by atoms with Gasteiger partial charge in [-0.2, -0.15) is 0 Å². The van der Waals surface area contributed by atoms with Crippen LogP contribution in [0.3, 0.4) is 0 Å². The number of amides is 2. The van der Waals surface area contributed by atoms with Crippen molar-refractivity contribution in [3.05, 3.63) is 42.5 Å². The Kier molecular flexibility index (Phi) is 3.77. The molecule has 1 aromatic carbocycles. The van der Waals surface area contributed by atoms with E-state index in [0.717, 1.165) is 18.4 Å². The predicted octanol–water partition coefficient (Wildman–Crippen LogP) is 1.80. The van der Waals surface area contributed by atoms with Crippen LogP contribution in [0.2, 0.25) is 0 Å². The van der Waals surface area contributed by atoms with Crippen molar-refractivity contribution < 1.29 is 9.59 Å². The first-order valence-corrected chi connectivity index (χ1v) is 5.99. The molecule has 2 rings (SSSR count). The monoisotopic (exact) mass is 244 g/mol. The highest BCUT2D eigenvalue weighted by Crippen LogP contribution is 2.14. The Hall–Kier alpha value is -2.10. The topological polar surface area (TPSA) is 49.4 Å². The minimum absolute atomic E-state index is 0.466. The van der Waals surface area contributed by atoms with Gasteiger partial charge in [-0.05, 0) is 25.0 Å². The predicted molar refractivity (Wildman–Crippen MR) is 70.0 cm³/mol. The van der Waals surface area contributed by atoms with Gasteiger partial charge in [-0.3, -0.25) is 9.59 Å². The lowest BCUT2D eigenvalue weighted by molar-refractivity contribution is -0.143. The fraction of sp³-hybridized carbons (Fsp3) is 0.286. The Morgan fingerprint density at radius 2 is 1.72 bits per heavy atom. The molecule has 0 saturated carbocycles. The molecule has 0 aliphatic carbocycles. The Bertz CT molecular complexity index is 458. The van der Waals surface area contributed by atoms with Crippen molar-refractivity contribution in [3.8, 4) is 0 Å². The van der Waals surface area contributed by atoms with Crippen molar-refractivity contribution in [1.29, 1.82) is 0 Å².